The van der Waals surface area contributed by atoms with Crippen molar-refractivity contribution in [2.75, 3.05) is 0 Å². The highest BCUT2D eigenvalue weighted by Gasteiger charge is 1.81. The number of hydrogen-bond acceptors (Lipinski definition) is 2. The summed E-state index contributed by atoms with van der Waals surface area (Å²) >= 11 is 0. The smallest absolute Gasteiger partial charge is 0.293 e. The number of rotatable bonds is 0. The Bertz CT molecular complexity index is 155. The zero-order valence-corrected chi connectivity index (χ0v) is 4.39. The van der Waals surface area contributed by atoms with Gasteiger partial charge in [-0.2, -0.15) is 0 Å². The predicted molar refractivity (Wildman–Crippen MR) is 27.7 cm³/mol. The average molecular weight is 111 g/mol. The van der Waals surface area contributed by atoms with Crippen LogP contribution in [-0.2, 0) is 9.59 Å². The van der Waals surface area contributed by atoms with Crippen molar-refractivity contribution in [3.63, 3.8) is 0 Å². The van der Waals surface area contributed by atoms with Crippen LogP contribution in [0.1, 0.15) is 6.92 Å². The molecule has 0 spiro atoms. The summed E-state index contributed by atoms with van der Waals surface area (Å²) in [7, 11) is 0. The lowest BCUT2D eigenvalue weighted by Crippen LogP contribution is -2.06. The van der Waals surface area contributed by atoms with Gasteiger partial charge in [0, 0.05) is 12.8 Å². The largest absolute Gasteiger partial charge is 0.359 e. The van der Waals surface area contributed by atoms with Crippen molar-refractivity contribution in [3.05, 3.63) is 0 Å². The van der Waals surface area contributed by atoms with Gasteiger partial charge < -0.3 is 5.73 Å². The van der Waals surface area contributed by atoms with Crippen LogP contribution in [-0.4, -0.2) is 11.7 Å². The topological polar surface area (TPSA) is 60.2 Å². The number of amides is 1. The molecule has 2 N–H and O–H groups in total. The molecule has 3 nitrogen and oxygen atoms in total. The van der Waals surface area contributed by atoms with Crippen molar-refractivity contribution < 1.29 is 9.59 Å². The van der Waals surface area contributed by atoms with Crippen LogP contribution in [0, 0.1) is 11.8 Å². The molecule has 0 unspecified atom stereocenters. The molecule has 0 heterocycles. The van der Waals surface area contributed by atoms with E-state index in [0.29, 0.717) is 0 Å². The molecule has 0 aromatic heterocycles. The molecule has 0 bridgehead atoms. The highest BCUT2D eigenvalue weighted by Crippen LogP contribution is 1.59. The summed E-state index contributed by atoms with van der Waals surface area (Å²) in [5, 5.41) is 0. The lowest BCUT2D eigenvalue weighted by atomic mass is 10.4. The van der Waals surface area contributed by atoms with Gasteiger partial charge in [0.2, 0.25) is 5.78 Å². The van der Waals surface area contributed by atoms with E-state index in [-0.39, 0.29) is 5.78 Å². The summed E-state index contributed by atoms with van der Waals surface area (Å²) in [6.07, 6.45) is 0. The lowest BCUT2D eigenvalue weighted by molar-refractivity contribution is -0.114. The van der Waals surface area contributed by atoms with Crippen molar-refractivity contribution in [3.8, 4) is 11.8 Å². The molecule has 0 fully saturated rings. The van der Waals surface area contributed by atoms with Gasteiger partial charge in [-0.05, 0) is 5.92 Å². The second-order valence-electron chi connectivity index (χ2n) is 1.17. The quantitative estimate of drug-likeness (QED) is 0.324. The molecule has 0 aromatic rings. The second kappa shape index (κ2) is 2.80. The maximum absolute atomic E-state index is 9.97. The van der Waals surface area contributed by atoms with E-state index in [1.807, 2.05) is 11.8 Å². The van der Waals surface area contributed by atoms with Crippen LogP contribution in [0.2, 0.25) is 0 Å². The summed E-state index contributed by atoms with van der Waals surface area (Å²) < 4.78 is 0. The van der Waals surface area contributed by atoms with Gasteiger partial charge in [-0.3, -0.25) is 9.59 Å². The van der Waals surface area contributed by atoms with E-state index in [9.17, 15) is 9.59 Å². The van der Waals surface area contributed by atoms with E-state index in [1.165, 1.54) is 6.92 Å². The molecule has 42 valence electrons. The summed E-state index contributed by atoms with van der Waals surface area (Å²) in [5.74, 6) is 2.73. The first kappa shape index (κ1) is 6.70. The van der Waals surface area contributed by atoms with Crippen LogP contribution in [0.5, 0.6) is 0 Å². The monoisotopic (exact) mass is 111 g/mol. The van der Waals surface area contributed by atoms with Crippen molar-refractivity contribution in [2.24, 2.45) is 5.73 Å². The minimum Gasteiger partial charge on any atom is -0.359 e. The first-order valence-corrected chi connectivity index (χ1v) is 1.95. The molecule has 3 heteroatoms. The van der Waals surface area contributed by atoms with Crippen molar-refractivity contribution in [1.82, 2.24) is 0 Å². The van der Waals surface area contributed by atoms with Crippen LogP contribution in [0.4, 0.5) is 0 Å². The molecule has 0 radical (unpaired) electrons. The van der Waals surface area contributed by atoms with Gasteiger partial charge >= 0.3 is 0 Å². The standard InChI is InChI=1S/C5H5NO2/c1-4(7)2-3-5(6)8/h1H3,(H2,6,8). The molecule has 0 rings (SSSR count). The molecule has 0 aliphatic carbocycles. The highest BCUT2D eigenvalue weighted by molar-refractivity contribution is 6.02. The Balaban J connectivity index is 3.87. The Labute approximate surface area is 46.9 Å². The number of Topliss-reactive ketones (excluding diaryl/α,β-unsaturated/α-hetero) is 1. The van der Waals surface area contributed by atoms with Gasteiger partial charge in [-0.25, -0.2) is 0 Å². The predicted octanol–water partition coefficient (Wildman–Crippen LogP) is -0.936. The third-order valence-corrected chi connectivity index (χ3v) is 0.362. The zero-order chi connectivity index (χ0) is 6.57. The van der Waals surface area contributed by atoms with Gasteiger partial charge in [0.15, 0.2) is 0 Å². The molecule has 0 aliphatic heterocycles. The van der Waals surface area contributed by atoms with Crippen LogP contribution in [0.25, 0.3) is 0 Å². The second-order valence-corrected chi connectivity index (χ2v) is 1.17. The summed E-state index contributed by atoms with van der Waals surface area (Å²) in [4.78, 5) is 19.8. The number of hydrogen-bond donors (Lipinski definition) is 1. The van der Waals surface area contributed by atoms with E-state index < -0.39 is 5.91 Å². The fourth-order valence-corrected chi connectivity index (χ4v) is 0.150. The summed E-state index contributed by atoms with van der Waals surface area (Å²) in [5.41, 5.74) is 4.58. The van der Waals surface area contributed by atoms with Crippen LogP contribution < -0.4 is 5.73 Å². The molecule has 0 saturated heterocycles. The molecular weight excluding hydrogens is 106 g/mol. The van der Waals surface area contributed by atoms with E-state index >= 15 is 0 Å². The van der Waals surface area contributed by atoms with Crippen LogP contribution in [0.3, 0.4) is 0 Å². The van der Waals surface area contributed by atoms with E-state index in [4.69, 9.17) is 0 Å². The van der Waals surface area contributed by atoms with Crippen molar-refractivity contribution in [2.45, 2.75) is 6.92 Å². The first-order chi connectivity index (χ1) is 3.63. The van der Waals surface area contributed by atoms with E-state index in [2.05, 4.69) is 5.73 Å². The maximum atomic E-state index is 9.97. The van der Waals surface area contributed by atoms with E-state index in [0.717, 1.165) is 0 Å². The molecule has 0 aliphatic rings. The zero-order valence-electron chi connectivity index (χ0n) is 4.39. The van der Waals surface area contributed by atoms with Gasteiger partial charge in [0.1, 0.15) is 0 Å². The first-order valence-electron chi connectivity index (χ1n) is 1.95. The number of carbonyl (C=O) groups is 2. The van der Waals surface area contributed by atoms with Gasteiger partial charge in [0.05, 0.1) is 0 Å². The third-order valence-electron chi connectivity index (χ3n) is 0.362. The van der Waals surface area contributed by atoms with E-state index in [1.54, 1.807) is 0 Å². The molecule has 0 atom stereocenters. The Morgan fingerprint density at radius 3 is 2.00 bits per heavy atom. The fourth-order valence-electron chi connectivity index (χ4n) is 0.150. The normalized spacial score (nSPS) is 6.62. The average Bonchev–Trinajstić information content (AvgIpc) is 1.61. The number of carbonyl (C=O) groups excluding carboxylic acids is 2. The van der Waals surface area contributed by atoms with Crippen LogP contribution in [0.15, 0.2) is 0 Å². The van der Waals surface area contributed by atoms with Crippen LogP contribution >= 0.6 is 0 Å². The minimum absolute atomic E-state index is 0.358. The molecule has 0 saturated carbocycles. The molecule has 0 aromatic carbocycles. The van der Waals surface area contributed by atoms with Gasteiger partial charge in [-0.15, -0.1) is 0 Å². The highest BCUT2D eigenvalue weighted by atomic mass is 16.1. The number of primary amides is 1. The summed E-state index contributed by atoms with van der Waals surface area (Å²) in [6.45, 7) is 1.26. The number of ketones is 1. The summed E-state index contributed by atoms with van der Waals surface area (Å²) in [6, 6.07) is 0. The Hall–Kier alpha value is -1.30. The molecular formula is C5H5NO2. The molecule has 1 amide bonds. The molecule has 8 heavy (non-hydrogen) atoms. The Kier molecular flexibility index (Phi) is 2.35. The third kappa shape index (κ3) is 4.70. The number of nitrogens with two attached hydrogens (primary N) is 1. The van der Waals surface area contributed by atoms with Gasteiger partial charge in [-0.1, -0.05) is 0 Å². The Morgan fingerprint density at radius 1 is 1.38 bits per heavy atom. The fraction of sp³-hybridized carbons (Fsp3) is 0.200. The maximum Gasteiger partial charge on any atom is 0.293 e. The minimum atomic E-state index is -0.778. The SMILES string of the molecule is CC(=O)C#CC(N)=O. The van der Waals surface area contributed by atoms with Crippen molar-refractivity contribution >= 4 is 11.7 Å². The van der Waals surface area contributed by atoms with Gasteiger partial charge in [0.25, 0.3) is 5.91 Å². The van der Waals surface area contributed by atoms with Crippen molar-refractivity contribution in [1.29, 1.82) is 0 Å². The Morgan fingerprint density at radius 2 is 1.88 bits per heavy atom. The lowest BCUT2D eigenvalue weighted by Gasteiger charge is -1.69.